The van der Waals surface area contributed by atoms with Gasteiger partial charge in [0, 0.05) is 30.3 Å². The lowest BCUT2D eigenvalue weighted by Crippen LogP contribution is -2.29. The van der Waals surface area contributed by atoms with Crippen molar-refractivity contribution >= 4 is 5.97 Å². The topological polar surface area (TPSA) is 116 Å². The van der Waals surface area contributed by atoms with Crippen LogP contribution in [-0.4, -0.2) is 33.9 Å². The highest BCUT2D eigenvalue weighted by Gasteiger charge is 2.19. The van der Waals surface area contributed by atoms with Crippen molar-refractivity contribution in [3.63, 3.8) is 0 Å². The summed E-state index contributed by atoms with van der Waals surface area (Å²) in [6, 6.07) is -0.783. The maximum absolute atomic E-state index is 11.0. The first-order valence-electron chi connectivity index (χ1n) is 5.10. The molecule has 0 aliphatic heterocycles. The Kier molecular flexibility index (Phi) is 4.99. The highest BCUT2D eigenvalue weighted by molar-refractivity contribution is 5.75. The fraction of sp³-hybridized carbons (Fsp3) is 0.556. The highest BCUT2D eigenvalue weighted by atomic mass is 16.4. The van der Waals surface area contributed by atoms with E-state index in [1.807, 2.05) is 0 Å². The molecule has 0 amide bonds. The van der Waals surface area contributed by atoms with Gasteiger partial charge in [-0.15, -0.1) is 0 Å². The zero-order valence-electron chi connectivity index (χ0n) is 9.44. The molecule has 17 heavy (non-hydrogen) atoms. The maximum Gasteiger partial charge on any atom is 0.325 e. The molecule has 0 saturated carbocycles. The van der Waals surface area contributed by atoms with Gasteiger partial charge in [0.15, 0.2) is 0 Å². The van der Waals surface area contributed by atoms with Crippen LogP contribution in [0.4, 0.5) is 0 Å². The smallest absolute Gasteiger partial charge is 0.325 e. The van der Waals surface area contributed by atoms with Crippen LogP contribution in [-0.2, 0) is 11.8 Å². The first-order valence-corrected chi connectivity index (χ1v) is 5.10. The number of aromatic nitrogens is 2. The van der Waals surface area contributed by atoms with Gasteiger partial charge in [0.2, 0.25) is 0 Å². The fourth-order valence-corrected chi connectivity index (χ4v) is 1.38. The molecule has 0 aliphatic rings. The Hall–Kier alpha value is -2.05. The molecular formula is C9H14N6O2. The van der Waals surface area contributed by atoms with Crippen molar-refractivity contribution in [3.8, 4) is 0 Å². The summed E-state index contributed by atoms with van der Waals surface area (Å²) < 4.78 is 1.55. The van der Waals surface area contributed by atoms with Crippen molar-refractivity contribution in [2.45, 2.75) is 12.5 Å². The van der Waals surface area contributed by atoms with Gasteiger partial charge < -0.3 is 10.4 Å². The monoisotopic (exact) mass is 238 g/mol. The molecule has 2 N–H and O–H groups in total. The summed E-state index contributed by atoms with van der Waals surface area (Å²) in [5, 5.41) is 19.2. The van der Waals surface area contributed by atoms with Crippen molar-refractivity contribution in [3.05, 3.63) is 28.4 Å². The Morgan fingerprint density at radius 1 is 1.82 bits per heavy atom. The average Bonchev–Trinajstić information content (AvgIpc) is 2.69. The number of hydrogen-bond donors (Lipinski definition) is 2. The minimum Gasteiger partial charge on any atom is -0.480 e. The van der Waals surface area contributed by atoms with Crippen molar-refractivity contribution in [1.29, 1.82) is 0 Å². The average molecular weight is 238 g/mol. The maximum atomic E-state index is 11.0. The molecule has 0 bridgehead atoms. The molecule has 92 valence electrons. The van der Waals surface area contributed by atoms with Gasteiger partial charge in [0.1, 0.15) is 6.04 Å². The van der Waals surface area contributed by atoms with Crippen molar-refractivity contribution in [2.75, 3.05) is 13.1 Å². The van der Waals surface area contributed by atoms with Crippen molar-refractivity contribution < 1.29 is 9.90 Å². The van der Waals surface area contributed by atoms with E-state index in [4.69, 9.17) is 10.6 Å². The molecule has 0 saturated heterocycles. The SMILES string of the molecule is Cn1cc(C(NCCCN=[N+]=[N-])C(=O)O)cn1. The van der Waals surface area contributed by atoms with Gasteiger partial charge >= 0.3 is 5.97 Å². The van der Waals surface area contributed by atoms with Crippen LogP contribution >= 0.6 is 0 Å². The molecule has 0 aliphatic carbocycles. The third-order valence-corrected chi connectivity index (χ3v) is 2.15. The third kappa shape index (κ3) is 4.13. The van der Waals surface area contributed by atoms with Crippen LogP contribution in [0.25, 0.3) is 10.4 Å². The molecule has 1 unspecified atom stereocenters. The summed E-state index contributed by atoms with van der Waals surface area (Å²) in [6.45, 7) is 0.813. The lowest BCUT2D eigenvalue weighted by atomic mass is 10.1. The highest BCUT2D eigenvalue weighted by Crippen LogP contribution is 2.11. The first kappa shape index (κ1) is 13.0. The van der Waals surface area contributed by atoms with Gasteiger partial charge in [-0.2, -0.15) is 5.10 Å². The number of aryl methyl sites for hydroxylation is 1. The summed E-state index contributed by atoms with van der Waals surface area (Å²) >= 11 is 0. The second-order valence-corrected chi connectivity index (χ2v) is 3.48. The third-order valence-electron chi connectivity index (χ3n) is 2.15. The second-order valence-electron chi connectivity index (χ2n) is 3.48. The van der Waals surface area contributed by atoms with Crippen LogP contribution in [0.1, 0.15) is 18.0 Å². The number of carbonyl (C=O) groups is 1. The molecule has 1 aromatic heterocycles. The van der Waals surface area contributed by atoms with Gasteiger partial charge in [0.25, 0.3) is 0 Å². The van der Waals surface area contributed by atoms with E-state index in [0.717, 1.165) is 0 Å². The van der Waals surface area contributed by atoms with Crippen LogP contribution in [0, 0.1) is 0 Å². The van der Waals surface area contributed by atoms with E-state index in [1.165, 1.54) is 6.20 Å². The van der Waals surface area contributed by atoms with Gasteiger partial charge in [-0.3, -0.25) is 9.48 Å². The number of carboxylic acids is 1. The quantitative estimate of drug-likeness (QED) is 0.317. The van der Waals surface area contributed by atoms with Gasteiger partial charge in [-0.05, 0) is 18.5 Å². The number of carboxylic acid groups (broad SMARTS) is 1. The molecule has 1 atom stereocenters. The zero-order chi connectivity index (χ0) is 12.7. The van der Waals surface area contributed by atoms with E-state index in [9.17, 15) is 4.79 Å². The molecule has 0 fully saturated rings. The minimum atomic E-state index is -0.957. The Morgan fingerprint density at radius 2 is 2.59 bits per heavy atom. The number of azide groups is 1. The van der Waals surface area contributed by atoms with E-state index in [-0.39, 0.29) is 0 Å². The largest absolute Gasteiger partial charge is 0.480 e. The van der Waals surface area contributed by atoms with E-state index in [2.05, 4.69) is 20.4 Å². The minimum absolute atomic E-state index is 0.350. The fourth-order valence-electron chi connectivity index (χ4n) is 1.38. The lowest BCUT2D eigenvalue weighted by Gasteiger charge is -2.11. The number of hydrogen-bond acceptors (Lipinski definition) is 4. The van der Waals surface area contributed by atoms with Gasteiger partial charge in [0.05, 0.1) is 6.20 Å². The molecule has 0 spiro atoms. The Bertz CT molecular complexity index is 423. The van der Waals surface area contributed by atoms with Crippen molar-refractivity contribution in [2.24, 2.45) is 12.2 Å². The Morgan fingerprint density at radius 3 is 3.12 bits per heavy atom. The van der Waals surface area contributed by atoms with Crippen LogP contribution in [0.3, 0.4) is 0 Å². The van der Waals surface area contributed by atoms with E-state index in [1.54, 1.807) is 17.9 Å². The standard InChI is InChI=1S/C9H14N6O2/c1-15-6-7(5-13-15)8(9(16)17)11-3-2-4-12-14-10/h5-6,8,11H,2-4H2,1H3,(H,16,17). The summed E-state index contributed by atoms with van der Waals surface area (Å²) in [7, 11) is 1.73. The van der Waals surface area contributed by atoms with Gasteiger partial charge in [-0.1, -0.05) is 5.11 Å². The van der Waals surface area contributed by atoms with Gasteiger partial charge in [-0.25, -0.2) is 0 Å². The van der Waals surface area contributed by atoms with Crippen LogP contribution in [0.5, 0.6) is 0 Å². The molecule has 0 radical (unpaired) electrons. The number of nitrogens with zero attached hydrogens (tertiary/aromatic N) is 5. The molecule has 1 aromatic rings. The number of nitrogens with one attached hydrogen (secondary N) is 1. The Labute approximate surface area is 97.9 Å². The van der Waals surface area contributed by atoms with Crippen LogP contribution in [0.2, 0.25) is 0 Å². The first-order chi connectivity index (χ1) is 8.15. The lowest BCUT2D eigenvalue weighted by molar-refractivity contribution is -0.139. The van der Waals surface area contributed by atoms with E-state index >= 15 is 0 Å². The van der Waals surface area contributed by atoms with Crippen LogP contribution in [0.15, 0.2) is 17.5 Å². The Balaban J connectivity index is 2.50. The molecular weight excluding hydrogens is 224 g/mol. The van der Waals surface area contributed by atoms with Crippen molar-refractivity contribution in [1.82, 2.24) is 15.1 Å². The molecule has 8 nitrogen and oxygen atoms in total. The molecule has 0 aromatic carbocycles. The second kappa shape index (κ2) is 6.51. The van der Waals surface area contributed by atoms with E-state index in [0.29, 0.717) is 25.1 Å². The number of rotatable bonds is 7. The summed E-state index contributed by atoms with van der Waals surface area (Å²) in [5.74, 6) is -0.957. The predicted molar refractivity (Wildman–Crippen MR) is 60.2 cm³/mol. The van der Waals surface area contributed by atoms with E-state index < -0.39 is 12.0 Å². The predicted octanol–water partition coefficient (Wildman–Crippen LogP) is 0.836. The number of aliphatic carboxylic acids is 1. The summed E-state index contributed by atoms with van der Waals surface area (Å²) in [6.07, 6.45) is 3.76. The van der Waals surface area contributed by atoms with Crippen LogP contribution < -0.4 is 5.32 Å². The zero-order valence-corrected chi connectivity index (χ0v) is 9.44. The molecule has 8 heteroatoms. The summed E-state index contributed by atoms with van der Waals surface area (Å²) in [5.41, 5.74) is 8.68. The summed E-state index contributed by atoms with van der Waals surface area (Å²) in [4.78, 5) is 13.7. The normalized spacial score (nSPS) is 11.8. The molecule has 1 rings (SSSR count). The molecule has 1 heterocycles.